The molecule has 63 heavy (non-hydrogen) atoms. The van der Waals surface area contributed by atoms with Gasteiger partial charge in [-0.2, -0.15) is 0 Å². The quantitative estimate of drug-likeness (QED) is 0.0984. The second-order valence-electron chi connectivity index (χ2n) is 15.8. The Morgan fingerprint density at radius 1 is 0.730 bits per heavy atom. The number of methoxy groups -OCH3 is 2. The van der Waals surface area contributed by atoms with E-state index in [2.05, 4.69) is 53.2 Å². The minimum absolute atomic E-state index is 0.214. The molecule has 3 aromatic carbocycles. The van der Waals surface area contributed by atoms with Crippen LogP contribution >= 0.6 is 22.7 Å². The minimum atomic E-state index is -0.940. The van der Waals surface area contributed by atoms with Crippen LogP contribution in [0.4, 0.5) is 9.59 Å². The first-order valence-electron chi connectivity index (χ1n) is 20.7. The Morgan fingerprint density at radius 3 is 1.75 bits per heavy atom. The van der Waals surface area contributed by atoms with Gasteiger partial charge in [-0.25, -0.2) is 19.6 Å². The average Bonchev–Trinajstić information content (AvgIpc) is 4.17. The van der Waals surface area contributed by atoms with Gasteiger partial charge < -0.3 is 39.9 Å². The molecule has 322 valence electrons. The van der Waals surface area contributed by atoms with Gasteiger partial charge in [-0.3, -0.25) is 9.59 Å². The lowest BCUT2D eigenvalue weighted by atomic mass is 10.0. The summed E-state index contributed by atoms with van der Waals surface area (Å²) in [4.78, 5) is 75.1. The molecule has 4 aromatic heterocycles. The molecular weight excluding hydrogens is 837 g/mol. The maximum absolute atomic E-state index is 14.1. The number of nitrogens with zero attached hydrogens (tertiary/aromatic N) is 4. The number of aryl methyl sites for hydroxylation is 2. The number of hydrogen-bond donors (Lipinski definition) is 4. The zero-order chi connectivity index (χ0) is 43.9. The Kier molecular flexibility index (Phi) is 11.3. The average molecular weight is 883 g/mol. The van der Waals surface area contributed by atoms with E-state index in [1.165, 1.54) is 34.7 Å². The summed E-state index contributed by atoms with van der Waals surface area (Å²) in [5, 5.41) is 7.77. The van der Waals surface area contributed by atoms with E-state index in [0.29, 0.717) is 42.3 Å². The van der Waals surface area contributed by atoms with Crippen molar-refractivity contribution in [1.29, 1.82) is 0 Å². The molecule has 2 aliphatic heterocycles. The Hall–Kier alpha value is -6.78. The van der Waals surface area contributed by atoms with E-state index in [1.807, 2.05) is 60.9 Å². The van der Waals surface area contributed by atoms with Crippen molar-refractivity contribution in [3.05, 3.63) is 131 Å². The summed E-state index contributed by atoms with van der Waals surface area (Å²) in [6.45, 7) is 9.60. The molecule has 7 aromatic rings. The van der Waals surface area contributed by atoms with Gasteiger partial charge in [0.1, 0.15) is 29.8 Å². The highest BCUT2D eigenvalue weighted by molar-refractivity contribution is 7.24. The summed E-state index contributed by atoms with van der Waals surface area (Å²) in [6.07, 6.45) is 4.45. The number of benzene rings is 3. The Labute approximate surface area is 371 Å². The number of amides is 4. The molecule has 4 atom stereocenters. The van der Waals surface area contributed by atoms with Crippen molar-refractivity contribution in [3.63, 3.8) is 0 Å². The van der Waals surface area contributed by atoms with Crippen LogP contribution in [0.5, 0.6) is 0 Å². The van der Waals surface area contributed by atoms with Crippen molar-refractivity contribution in [2.24, 2.45) is 0 Å². The van der Waals surface area contributed by atoms with E-state index in [9.17, 15) is 19.2 Å². The molecule has 0 saturated carbocycles. The largest absolute Gasteiger partial charge is 0.453 e. The molecule has 2 saturated heterocycles. The summed E-state index contributed by atoms with van der Waals surface area (Å²) >= 11 is 3.40. The van der Waals surface area contributed by atoms with Crippen LogP contribution in [0, 0.1) is 13.8 Å². The van der Waals surface area contributed by atoms with Gasteiger partial charge in [0.05, 0.1) is 53.8 Å². The molecule has 16 heteroatoms. The zero-order valence-corrected chi connectivity index (χ0v) is 36.8. The number of nitrogens with one attached hydrogen (secondary N) is 4. The number of carbonyl (C=O) groups excluding carboxylic acids is 4. The summed E-state index contributed by atoms with van der Waals surface area (Å²) < 4.78 is 12.1. The fourth-order valence-corrected chi connectivity index (χ4v) is 11.2. The number of H-pyrrole nitrogens is 2. The zero-order valence-electron chi connectivity index (χ0n) is 35.2. The number of aromatic amines is 2. The van der Waals surface area contributed by atoms with Crippen molar-refractivity contribution in [2.45, 2.75) is 57.3 Å². The fourth-order valence-electron chi connectivity index (χ4n) is 8.83. The number of rotatable bonds is 10. The third-order valence-corrected chi connectivity index (χ3v) is 14.7. The summed E-state index contributed by atoms with van der Waals surface area (Å²) in [6, 6.07) is 20.1. The highest BCUT2D eigenvalue weighted by atomic mass is 32.1. The smallest absolute Gasteiger partial charge is 0.407 e. The predicted molar refractivity (Wildman–Crippen MR) is 243 cm³/mol. The van der Waals surface area contributed by atoms with Crippen molar-refractivity contribution in [3.8, 4) is 21.1 Å². The molecule has 0 spiro atoms. The molecule has 4 amide bonds. The van der Waals surface area contributed by atoms with Crippen LogP contribution in [0.25, 0.3) is 41.3 Å². The van der Waals surface area contributed by atoms with Crippen LogP contribution in [-0.4, -0.2) is 81.0 Å². The number of hydrogen-bond acceptors (Lipinski definition) is 10. The van der Waals surface area contributed by atoms with Gasteiger partial charge in [-0.05, 0) is 83.8 Å². The lowest BCUT2D eigenvalue weighted by Gasteiger charge is -2.28. The van der Waals surface area contributed by atoms with Crippen LogP contribution in [0.1, 0.15) is 77.3 Å². The molecule has 14 nitrogen and oxygen atoms in total. The first-order valence-corrected chi connectivity index (χ1v) is 22.3. The molecule has 0 radical (unpaired) electrons. The second-order valence-corrected chi connectivity index (χ2v) is 17.9. The highest BCUT2D eigenvalue weighted by Crippen LogP contribution is 2.46. The van der Waals surface area contributed by atoms with Gasteiger partial charge in [0.25, 0.3) is 11.8 Å². The standard InChI is InChI=1S/C47H46N8O6S2/c1-25-18-20-55(45(57)38(53-47(59)61-5)29-15-10-7-11-16-29)39(25)43-49-24-33(51-43)36-22-31-27(3)40-30(26(2)41(31)63-36)21-35(62-40)32-23-48-42(50-32)34-17-12-19-54(34)44(56)37(52-46(58)60-4)28-13-8-6-9-14-28/h6-11,13-16,21-24,34,37-39H,1,12,17-20H2,2-5H3,(H,48,50)(H,49,51)(H,52,58)(H,53,59)/t34-,37?,38?,39-/m0/s1. The molecule has 0 aliphatic carbocycles. The van der Waals surface area contributed by atoms with Crippen LogP contribution in [0.2, 0.25) is 0 Å². The number of thiophene rings is 2. The SMILES string of the molecule is C=C1CCN(C(=O)C(NC(=O)OC)c2ccccc2)[C@@H]1c1ncc(-c2cc3c(C)c4sc(-c5cnc([C@@H]6CCCN6C(=O)C(NC(=O)OC)c6ccccc6)[nH]5)cc4c(C)c3s2)[nH]1. The number of alkyl carbamates (subject to hydrolysis) is 2. The van der Waals surface area contributed by atoms with Crippen LogP contribution in [0.15, 0.2) is 97.3 Å². The first kappa shape index (κ1) is 41.6. The van der Waals surface area contributed by atoms with E-state index in [4.69, 9.17) is 19.4 Å². The van der Waals surface area contributed by atoms with Crippen LogP contribution < -0.4 is 10.6 Å². The molecule has 2 fully saturated rings. The summed E-state index contributed by atoms with van der Waals surface area (Å²) in [5.74, 6) is 0.831. The fraction of sp³-hybridized carbons (Fsp3) is 0.277. The molecule has 6 heterocycles. The summed E-state index contributed by atoms with van der Waals surface area (Å²) in [5.41, 5.74) is 6.25. The molecule has 2 aliphatic rings. The molecule has 4 N–H and O–H groups in total. The van der Waals surface area contributed by atoms with Crippen LogP contribution in [-0.2, 0) is 19.1 Å². The molecule has 9 rings (SSSR count). The van der Waals surface area contributed by atoms with E-state index in [1.54, 1.807) is 44.6 Å². The normalized spacial score (nSPS) is 17.3. The van der Waals surface area contributed by atoms with Gasteiger partial charge in [-0.15, -0.1) is 22.7 Å². The van der Waals surface area contributed by atoms with Gasteiger partial charge in [0.15, 0.2) is 0 Å². The third kappa shape index (κ3) is 7.73. The van der Waals surface area contributed by atoms with E-state index in [-0.39, 0.29) is 17.9 Å². The number of likely N-dealkylation sites (tertiary alicyclic amines) is 2. The maximum Gasteiger partial charge on any atom is 0.407 e. The highest BCUT2D eigenvalue weighted by Gasteiger charge is 2.40. The van der Waals surface area contributed by atoms with E-state index >= 15 is 0 Å². The molecule has 2 unspecified atom stereocenters. The number of ether oxygens (including phenoxy) is 2. The molecular formula is C47H46N8O6S2. The monoisotopic (exact) mass is 882 g/mol. The van der Waals surface area contributed by atoms with Crippen molar-refractivity contribution in [2.75, 3.05) is 27.3 Å². The summed E-state index contributed by atoms with van der Waals surface area (Å²) in [7, 11) is 2.56. The Morgan fingerprint density at radius 2 is 1.22 bits per heavy atom. The van der Waals surface area contributed by atoms with Gasteiger partial charge in [0.2, 0.25) is 0 Å². The molecule has 0 bridgehead atoms. The van der Waals surface area contributed by atoms with E-state index in [0.717, 1.165) is 50.3 Å². The van der Waals surface area contributed by atoms with Crippen molar-refractivity contribution >= 4 is 66.8 Å². The Balaban J connectivity index is 0.964. The number of aromatic nitrogens is 4. The Bertz CT molecular complexity index is 2830. The number of imidazole rings is 2. The lowest BCUT2D eigenvalue weighted by Crippen LogP contribution is -2.43. The van der Waals surface area contributed by atoms with Gasteiger partial charge in [-0.1, -0.05) is 67.2 Å². The maximum atomic E-state index is 14.1. The van der Waals surface area contributed by atoms with Crippen molar-refractivity contribution < 1.29 is 28.7 Å². The number of carbonyl (C=O) groups is 4. The topological polar surface area (TPSA) is 175 Å². The first-order chi connectivity index (χ1) is 30.5. The predicted octanol–water partition coefficient (Wildman–Crippen LogP) is 9.20. The minimum Gasteiger partial charge on any atom is -0.453 e. The van der Waals surface area contributed by atoms with Gasteiger partial charge in [0, 0.05) is 22.5 Å². The van der Waals surface area contributed by atoms with Crippen LogP contribution in [0.3, 0.4) is 0 Å². The lowest BCUT2D eigenvalue weighted by molar-refractivity contribution is -0.135. The number of fused-ring (bicyclic) bond motifs is 2. The van der Waals surface area contributed by atoms with E-state index < -0.39 is 30.3 Å². The third-order valence-electron chi connectivity index (χ3n) is 12.1. The van der Waals surface area contributed by atoms with Crippen molar-refractivity contribution in [1.82, 2.24) is 40.4 Å². The second kappa shape index (κ2) is 17.2. The van der Waals surface area contributed by atoms with Gasteiger partial charge >= 0.3 is 12.2 Å².